The van der Waals surface area contributed by atoms with Crippen LogP contribution >= 0.6 is 0 Å². The fourth-order valence-corrected chi connectivity index (χ4v) is 4.09. The van der Waals surface area contributed by atoms with Crippen LogP contribution < -0.4 is 10.2 Å². The van der Waals surface area contributed by atoms with Crippen molar-refractivity contribution in [2.45, 2.75) is 26.2 Å². The van der Waals surface area contributed by atoms with Gasteiger partial charge in [-0.1, -0.05) is 5.16 Å². The monoisotopic (exact) mass is 432 g/mol. The van der Waals surface area contributed by atoms with E-state index < -0.39 is 17.6 Å². The molecule has 2 saturated heterocycles. The summed E-state index contributed by atoms with van der Waals surface area (Å²) >= 11 is 0. The summed E-state index contributed by atoms with van der Waals surface area (Å²) in [5.41, 5.74) is 0.108. The smallest absolute Gasteiger partial charge is 0.228 e. The number of piperidine rings is 1. The molecule has 3 amide bonds. The molecule has 1 N–H and O–H groups in total. The molecule has 0 saturated carbocycles. The fourth-order valence-electron chi connectivity index (χ4n) is 4.09. The topological polar surface area (TPSA) is 95.8 Å². The van der Waals surface area contributed by atoms with Gasteiger partial charge in [0.05, 0.1) is 5.92 Å². The second-order valence-corrected chi connectivity index (χ2v) is 7.94. The van der Waals surface area contributed by atoms with Crippen molar-refractivity contribution in [1.29, 1.82) is 0 Å². The highest BCUT2D eigenvalue weighted by atomic mass is 19.1. The lowest BCUT2D eigenvalue weighted by Crippen LogP contribution is -2.44. The number of benzene rings is 1. The number of aryl methyl sites for hydroxylation is 1. The van der Waals surface area contributed by atoms with Crippen LogP contribution in [0.2, 0.25) is 0 Å². The lowest BCUT2D eigenvalue weighted by Gasteiger charge is -2.32. The number of aromatic nitrogens is 1. The van der Waals surface area contributed by atoms with Gasteiger partial charge in [0.1, 0.15) is 17.4 Å². The van der Waals surface area contributed by atoms with Gasteiger partial charge in [0, 0.05) is 49.8 Å². The van der Waals surface area contributed by atoms with E-state index >= 15 is 0 Å². The van der Waals surface area contributed by atoms with Crippen LogP contribution in [0, 0.1) is 30.4 Å². The molecule has 2 aliphatic rings. The van der Waals surface area contributed by atoms with E-state index in [9.17, 15) is 23.2 Å². The number of likely N-dealkylation sites (tertiary alicyclic amines) is 1. The number of halogens is 2. The molecule has 1 aromatic carbocycles. The van der Waals surface area contributed by atoms with Gasteiger partial charge >= 0.3 is 0 Å². The van der Waals surface area contributed by atoms with Crippen LogP contribution in [0.3, 0.4) is 0 Å². The number of nitrogens with one attached hydrogen (secondary N) is 1. The summed E-state index contributed by atoms with van der Waals surface area (Å²) in [6.07, 6.45) is 0.977. The Morgan fingerprint density at radius 3 is 2.39 bits per heavy atom. The van der Waals surface area contributed by atoms with E-state index in [1.54, 1.807) is 17.9 Å². The number of rotatable bonds is 4. The lowest BCUT2D eigenvalue weighted by atomic mass is 9.94. The van der Waals surface area contributed by atoms with Crippen molar-refractivity contribution in [3.05, 3.63) is 41.7 Å². The van der Waals surface area contributed by atoms with Gasteiger partial charge in [-0.05, 0) is 31.9 Å². The molecule has 10 heteroatoms. The van der Waals surface area contributed by atoms with E-state index in [0.717, 1.165) is 18.2 Å². The van der Waals surface area contributed by atoms with Crippen LogP contribution in [0.15, 0.2) is 28.8 Å². The van der Waals surface area contributed by atoms with Crippen LogP contribution in [0.25, 0.3) is 0 Å². The van der Waals surface area contributed by atoms with Crippen molar-refractivity contribution < 1.29 is 27.7 Å². The SMILES string of the molecule is Cc1cc(NC(=O)C2CCN(C(=O)C3CC(=O)N(c4cc(F)cc(F)c4)C3)CC2)no1. The third kappa shape index (κ3) is 4.57. The second kappa shape index (κ2) is 8.44. The summed E-state index contributed by atoms with van der Waals surface area (Å²) < 4.78 is 31.9. The summed E-state index contributed by atoms with van der Waals surface area (Å²) in [4.78, 5) is 40.6. The van der Waals surface area contributed by atoms with E-state index in [1.165, 1.54) is 4.90 Å². The quantitative estimate of drug-likeness (QED) is 0.801. The number of hydrogen-bond acceptors (Lipinski definition) is 5. The number of hydrogen-bond donors (Lipinski definition) is 1. The summed E-state index contributed by atoms with van der Waals surface area (Å²) in [6.45, 7) is 2.60. The molecule has 0 aliphatic carbocycles. The number of carbonyl (C=O) groups excluding carboxylic acids is 3. The van der Waals surface area contributed by atoms with Crippen molar-refractivity contribution >= 4 is 29.2 Å². The van der Waals surface area contributed by atoms with Gasteiger partial charge in [-0.3, -0.25) is 14.4 Å². The summed E-state index contributed by atoms with van der Waals surface area (Å²) in [5, 5.41) is 6.45. The highest BCUT2D eigenvalue weighted by Crippen LogP contribution is 2.29. The Kier molecular flexibility index (Phi) is 5.71. The third-order valence-corrected chi connectivity index (χ3v) is 5.69. The molecule has 31 heavy (non-hydrogen) atoms. The minimum absolute atomic E-state index is 0.0110. The Hall–Kier alpha value is -3.30. The predicted octanol–water partition coefficient (Wildman–Crippen LogP) is 2.49. The average molecular weight is 432 g/mol. The molecule has 0 radical (unpaired) electrons. The standard InChI is InChI=1S/C21H22F2N4O4/c1-12-6-18(25-31-12)24-20(29)13-2-4-26(5-3-13)21(30)14-7-19(28)27(11-14)17-9-15(22)8-16(23)10-17/h6,8-10,13-14H,2-5,7,11H2,1H3,(H,24,25,29). The molecule has 1 aromatic heterocycles. The molecule has 2 aliphatic heterocycles. The molecule has 2 aromatic rings. The van der Waals surface area contributed by atoms with E-state index in [4.69, 9.17) is 4.52 Å². The normalized spacial score (nSPS) is 19.7. The molecule has 8 nitrogen and oxygen atoms in total. The Morgan fingerprint density at radius 1 is 1.10 bits per heavy atom. The third-order valence-electron chi connectivity index (χ3n) is 5.69. The molecular formula is C21H22F2N4O4. The lowest BCUT2D eigenvalue weighted by molar-refractivity contribution is -0.138. The fraction of sp³-hybridized carbons (Fsp3) is 0.429. The molecule has 3 heterocycles. The van der Waals surface area contributed by atoms with Gasteiger partial charge in [-0.25, -0.2) is 8.78 Å². The van der Waals surface area contributed by atoms with Gasteiger partial charge in [-0.15, -0.1) is 0 Å². The van der Waals surface area contributed by atoms with Crippen molar-refractivity contribution in [1.82, 2.24) is 10.1 Å². The second-order valence-electron chi connectivity index (χ2n) is 7.94. The predicted molar refractivity (Wildman–Crippen MR) is 106 cm³/mol. The van der Waals surface area contributed by atoms with Crippen LogP contribution in [-0.4, -0.2) is 47.4 Å². The molecular weight excluding hydrogens is 410 g/mol. The van der Waals surface area contributed by atoms with Crippen molar-refractivity contribution in [3.8, 4) is 0 Å². The Labute approximate surface area is 177 Å². The molecule has 1 unspecified atom stereocenters. The first-order chi connectivity index (χ1) is 14.8. The summed E-state index contributed by atoms with van der Waals surface area (Å²) in [7, 11) is 0. The maximum Gasteiger partial charge on any atom is 0.228 e. The highest BCUT2D eigenvalue weighted by Gasteiger charge is 2.39. The molecule has 2 fully saturated rings. The number of nitrogens with zero attached hydrogens (tertiary/aromatic N) is 3. The first-order valence-corrected chi connectivity index (χ1v) is 10.1. The molecule has 0 bridgehead atoms. The molecule has 4 rings (SSSR count). The summed E-state index contributed by atoms with van der Waals surface area (Å²) in [6, 6.07) is 4.52. The van der Waals surface area contributed by atoms with Gasteiger partial charge in [-0.2, -0.15) is 0 Å². The zero-order chi connectivity index (χ0) is 22.1. The minimum atomic E-state index is -0.779. The highest BCUT2D eigenvalue weighted by molar-refractivity contribution is 6.00. The van der Waals surface area contributed by atoms with E-state index in [2.05, 4.69) is 10.5 Å². The zero-order valence-electron chi connectivity index (χ0n) is 16.9. The van der Waals surface area contributed by atoms with Crippen molar-refractivity contribution in [3.63, 3.8) is 0 Å². The largest absolute Gasteiger partial charge is 0.360 e. The number of amides is 3. The Morgan fingerprint density at radius 2 is 1.77 bits per heavy atom. The first-order valence-electron chi connectivity index (χ1n) is 10.1. The van der Waals surface area contributed by atoms with E-state index in [1.807, 2.05) is 0 Å². The van der Waals surface area contributed by atoms with Gasteiger partial charge < -0.3 is 19.6 Å². The Bertz CT molecular complexity index is 996. The number of anilines is 2. The van der Waals surface area contributed by atoms with Gasteiger partial charge in [0.25, 0.3) is 0 Å². The number of carbonyl (C=O) groups is 3. The van der Waals surface area contributed by atoms with Crippen LogP contribution in [0.4, 0.5) is 20.3 Å². The van der Waals surface area contributed by atoms with E-state index in [-0.39, 0.29) is 42.3 Å². The van der Waals surface area contributed by atoms with Crippen molar-refractivity contribution in [2.24, 2.45) is 11.8 Å². The molecule has 0 spiro atoms. The van der Waals surface area contributed by atoms with Gasteiger partial charge in [0.15, 0.2) is 5.82 Å². The Balaban J connectivity index is 1.32. The van der Waals surface area contributed by atoms with Crippen LogP contribution in [-0.2, 0) is 14.4 Å². The maximum atomic E-state index is 13.5. The minimum Gasteiger partial charge on any atom is -0.360 e. The van der Waals surface area contributed by atoms with Gasteiger partial charge in [0.2, 0.25) is 17.7 Å². The molecule has 164 valence electrons. The molecule has 1 atom stereocenters. The van der Waals surface area contributed by atoms with Crippen LogP contribution in [0.5, 0.6) is 0 Å². The van der Waals surface area contributed by atoms with E-state index in [0.29, 0.717) is 37.5 Å². The average Bonchev–Trinajstić information content (AvgIpc) is 3.32. The van der Waals surface area contributed by atoms with Crippen molar-refractivity contribution in [2.75, 3.05) is 29.9 Å². The van der Waals surface area contributed by atoms with Crippen LogP contribution in [0.1, 0.15) is 25.0 Å². The maximum absolute atomic E-state index is 13.5. The summed E-state index contributed by atoms with van der Waals surface area (Å²) in [5.74, 6) is -2.14. The first kappa shape index (κ1) is 21.0. The zero-order valence-corrected chi connectivity index (χ0v) is 16.9.